The Bertz CT molecular complexity index is 549. The Morgan fingerprint density at radius 1 is 1.33 bits per heavy atom. The van der Waals surface area contributed by atoms with E-state index in [0.29, 0.717) is 12.2 Å². The van der Waals surface area contributed by atoms with Gasteiger partial charge in [0.2, 0.25) is 0 Å². The minimum absolute atomic E-state index is 0.265. The fourth-order valence-electron chi connectivity index (χ4n) is 1.22. The van der Waals surface area contributed by atoms with Gasteiger partial charge in [-0.05, 0) is 6.92 Å². The van der Waals surface area contributed by atoms with Crippen molar-refractivity contribution in [1.29, 1.82) is 0 Å². The normalized spacial score (nSPS) is 9.80. The number of nitrogens with one attached hydrogen (secondary N) is 2. The van der Waals surface area contributed by atoms with E-state index in [2.05, 4.69) is 15.0 Å². The van der Waals surface area contributed by atoms with Crippen LogP contribution in [0.3, 0.4) is 0 Å². The highest BCUT2D eigenvalue weighted by atomic mass is 16.2. The van der Waals surface area contributed by atoms with Gasteiger partial charge in [-0.15, -0.1) is 0 Å². The number of nitrogens with zero attached hydrogens (tertiary/aromatic N) is 2. The molecule has 0 aliphatic rings. The summed E-state index contributed by atoms with van der Waals surface area (Å²) in [7, 11) is 0. The van der Waals surface area contributed by atoms with Gasteiger partial charge in [-0.2, -0.15) is 0 Å². The van der Waals surface area contributed by atoms with Gasteiger partial charge in [0.1, 0.15) is 5.65 Å². The number of aromatic amines is 2. The lowest BCUT2D eigenvalue weighted by Crippen LogP contribution is -2.22. The molecule has 0 atom stereocenters. The van der Waals surface area contributed by atoms with E-state index < -0.39 is 11.2 Å². The minimum atomic E-state index is -0.507. The monoisotopic (exact) mass is 210 g/mol. The maximum atomic E-state index is 11.2. The molecule has 0 radical (unpaired) electrons. The first-order valence-corrected chi connectivity index (χ1v) is 4.90. The van der Waals surface area contributed by atoms with Crippen LogP contribution in [0, 0.1) is 0 Å². The molecule has 2 N–H and O–H groups in total. The summed E-state index contributed by atoms with van der Waals surface area (Å²) in [5.41, 5.74) is -0.226. The molecule has 2 rings (SSSR count). The SMILES string of the molecule is CC.CCn1cnc2c(=O)[nH]c(=O)[nH]c21. The average molecular weight is 210 g/mol. The second-order valence-corrected chi connectivity index (χ2v) is 2.64. The van der Waals surface area contributed by atoms with Crippen LogP contribution < -0.4 is 11.2 Å². The fraction of sp³-hybridized carbons (Fsp3) is 0.444. The third-order valence-electron chi connectivity index (χ3n) is 1.85. The van der Waals surface area contributed by atoms with Gasteiger partial charge in [-0.1, -0.05) is 13.8 Å². The standard InChI is InChI=1S/C7H8N4O2.C2H6/c1-2-11-3-8-4-5(11)9-7(13)10-6(4)12;1-2/h3H,2H2,1H3,(H2,9,10,12,13);1-2H3. The van der Waals surface area contributed by atoms with Crippen LogP contribution in [0.15, 0.2) is 15.9 Å². The molecule has 15 heavy (non-hydrogen) atoms. The molecule has 0 saturated heterocycles. The van der Waals surface area contributed by atoms with Crippen molar-refractivity contribution >= 4 is 11.2 Å². The number of hydrogen-bond donors (Lipinski definition) is 2. The Labute approximate surface area is 86.0 Å². The molecule has 2 aromatic heterocycles. The van der Waals surface area contributed by atoms with Crippen molar-refractivity contribution in [2.75, 3.05) is 0 Å². The molecule has 6 nitrogen and oxygen atoms in total. The number of H-pyrrole nitrogens is 2. The predicted molar refractivity (Wildman–Crippen MR) is 58.0 cm³/mol. The Morgan fingerprint density at radius 3 is 2.60 bits per heavy atom. The smallest absolute Gasteiger partial charge is 0.317 e. The number of aromatic nitrogens is 4. The lowest BCUT2D eigenvalue weighted by molar-refractivity contribution is 0.775. The molecular weight excluding hydrogens is 196 g/mol. The zero-order chi connectivity index (χ0) is 11.4. The van der Waals surface area contributed by atoms with Crippen LogP contribution in [0.2, 0.25) is 0 Å². The van der Waals surface area contributed by atoms with Crippen LogP contribution in [0.1, 0.15) is 20.8 Å². The van der Waals surface area contributed by atoms with Crippen LogP contribution in [0.5, 0.6) is 0 Å². The van der Waals surface area contributed by atoms with E-state index in [1.165, 1.54) is 6.33 Å². The van der Waals surface area contributed by atoms with Crippen molar-refractivity contribution in [3.8, 4) is 0 Å². The van der Waals surface area contributed by atoms with E-state index in [1.54, 1.807) is 4.57 Å². The van der Waals surface area contributed by atoms with Crippen molar-refractivity contribution in [2.45, 2.75) is 27.3 Å². The predicted octanol–water partition coefficient (Wildman–Crippen LogP) is 0.459. The molecule has 0 aromatic carbocycles. The van der Waals surface area contributed by atoms with E-state index >= 15 is 0 Å². The average Bonchev–Trinajstić information content (AvgIpc) is 2.64. The summed E-state index contributed by atoms with van der Waals surface area (Å²) in [5.74, 6) is 0. The minimum Gasteiger partial charge on any atom is -0.317 e. The molecule has 0 bridgehead atoms. The van der Waals surface area contributed by atoms with Gasteiger partial charge in [-0.25, -0.2) is 9.78 Å². The third kappa shape index (κ3) is 1.98. The second kappa shape index (κ2) is 4.59. The topological polar surface area (TPSA) is 83.5 Å². The van der Waals surface area contributed by atoms with E-state index in [9.17, 15) is 9.59 Å². The molecule has 0 spiro atoms. The highest BCUT2D eigenvalue weighted by molar-refractivity contribution is 5.68. The van der Waals surface area contributed by atoms with Crippen LogP contribution in [-0.4, -0.2) is 19.5 Å². The van der Waals surface area contributed by atoms with Crippen LogP contribution in [0.4, 0.5) is 0 Å². The first kappa shape index (κ1) is 11.2. The Morgan fingerprint density at radius 2 is 2.00 bits per heavy atom. The van der Waals surface area contributed by atoms with E-state index in [4.69, 9.17) is 0 Å². The maximum absolute atomic E-state index is 11.2. The van der Waals surface area contributed by atoms with Gasteiger partial charge in [0.05, 0.1) is 6.33 Å². The van der Waals surface area contributed by atoms with Gasteiger partial charge >= 0.3 is 5.69 Å². The molecule has 0 amide bonds. The maximum Gasteiger partial charge on any atom is 0.327 e. The Hall–Kier alpha value is -1.85. The molecule has 2 heterocycles. The van der Waals surface area contributed by atoms with Crippen LogP contribution in [-0.2, 0) is 6.54 Å². The molecule has 0 saturated carbocycles. The van der Waals surface area contributed by atoms with Crippen molar-refractivity contribution in [2.24, 2.45) is 0 Å². The second-order valence-electron chi connectivity index (χ2n) is 2.64. The highest BCUT2D eigenvalue weighted by Gasteiger charge is 2.05. The number of imidazole rings is 1. The lowest BCUT2D eigenvalue weighted by Gasteiger charge is -1.95. The van der Waals surface area contributed by atoms with Crippen molar-refractivity contribution in [3.63, 3.8) is 0 Å². The fourth-order valence-corrected chi connectivity index (χ4v) is 1.22. The largest absolute Gasteiger partial charge is 0.327 e. The van der Waals surface area contributed by atoms with Crippen LogP contribution in [0.25, 0.3) is 11.2 Å². The lowest BCUT2D eigenvalue weighted by atomic mass is 10.5. The van der Waals surface area contributed by atoms with E-state index in [-0.39, 0.29) is 5.52 Å². The zero-order valence-corrected chi connectivity index (χ0v) is 9.00. The molecule has 0 fully saturated rings. The molecule has 0 aliphatic heterocycles. The zero-order valence-electron chi connectivity index (χ0n) is 9.00. The summed E-state index contributed by atoms with van der Waals surface area (Å²) >= 11 is 0. The molecule has 0 unspecified atom stereocenters. The van der Waals surface area contributed by atoms with Crippen LogP contribution >= 0.6 is 0 Å². The van der Waals surface area contributed by atoms with Crippen molar-refractivity contribution in [1.82, 2.24) is 19.5 Å². The summed E-state index contributed by atoms with van der Waals surface area (Å²) in [6, 6.07) is 0. The first-order chi connectivity index (χ1) is 7.22. The number of fused-ring (bicyclic) bond motifs is 1. The quantitative estimate of drug-likeness (QED) is 0.717. The van der Waals surface area contributed by atoms with Gasteiger partial charge in [0.15, 0.2) is 5.52 Å². The first-order valence-electron chi connectivity index (χ1n) is 4.90. The molecular formula is C9H14N4O2. The summed E-state index contributed by atoms with van der Waals surface area (Å²) in [4.78, 5) is 30.6. The van der Waals surface area contributed by atoms with Gasteiger partial charge in [-0.3, -0.25) is 14.8 Å². The number of aryl methyl sites for hydroxylation is 1. The highest BCUT2D eigenvalue weighted by Crippen LogP contribution is 2.00. The number of hydrogen-bond acceptors (Lipinski definition) is 3. The van der Waals surface area contributed by atoms with Gasteiger partial charge in [0.25, 0.3) is 5.56 Å². The molecule has 6 heteroatoms. The molecule has 2 aromatic rings. The Kier molecular flexibility index (Phi) is 3.43. The van der Waals surface area contributed by atoms with Crippen molar-refractivity contribution < 1.29 is 0 Å². The summed E-state index contributed by atoms with van der Waals surface area (Å²) in [5, 5.41) is 0. The molecule has 82 valence electrons. The Balaban J connectivity index is 0.000000531. The number of rotatable bonds is 1. The van der Waals surface area contributed by atoms with E-state index in [0.717, 1.165) is 0 Å². The van der Waals surface area contributed by atoms with Crippen molar-refractivity contribution in [3.05, 3.63) is 27.2 Å². The summed E-state index contributed by atoms with van der Waals surface area (Å²) in [6.45, 7) is 6.57. The molecule has 0 aliphatic carbocycles. The van der Waals surface area contributed by atoms with Gasteiger partial charge in [0, 0.05) is 6.54 Å². The van der Waals surface area contributed by atoms with Gasteiger partial charge < -0.3 is 4.57 Å². The summed E-state index contributed by atoms with van der Waals surface area (Å²) in [6.07, 6.45) is 1.52. The summed E-state index contributed by atoms with van der Waals surface area (Å²) < 4.78 is 1.70. The third-order valence-corrected chi connectivity index (χ3v) is 1.85. The van der Waals surface area contributed by atoms with E-state index in [1.807, 2.05) is 20.8 Å².